The van der Waals surface area contributed by atoms with Crippen LogP contribution in [0.3, 0.4) is 0 Å². The first-order valence-corrected chi connectivity index (χ1v) is 7.85. The van der Waals surface area contributed by atoms with Crippen LogP contribution in [0, 0.1) is 0 Å². The third-order valence-corrected chi connectivity index (χ3v) is 3.62. The fourth-order valence-corrected chi connectivity index (χ4v) is 2.37. The van der Waals surface area contributed by atoms with Crippen LogP contribution in [-0.2, 0) is 6.42 Å². The van der Waals surface area contributed by atoms with Gasteiger partial charge in [0.15, 0.2) is 0 Å². The molecule has 5 heteroatoms. The number of hydrogen-bond acceptors (Lipinski definition) is 4. The first kappa shape index (κ1) is 15.8. The Labute approximate surface area is 134 Å². The minimum absolute atomic E-state index is 0.369. The summed E-state index contributed by atoms with van der Waals surface area (Å²) in [6.45, 7) is 6.31. The maximum atomic E-state index is 6.00. The van der Waals surface area contributed by atoms with Gasteiger partial charge in [0.25, 0.3) is 0 Å². The van der Waals surface area contributed by atoms with Crippen molar-refractivity contribution >= 4 is 21.7 Å². The molecule has 0 aliphatic rings. The molecule has 0 aliphatic heterocycles. The lowest BCUT2D eigenvalue weighted by molar-refractivity contribution is 0.451. The van der Waals surface area contributed by atoms with E-state index < -0.39 is 0 Å². The molecule has 2 aromatic rings. The van der Waals surface area contributed by atoms with Gasteiger partial charge in [-0.25, -0.2) is 4.98 Å². The summed E-state index contributed by atoms with van der Waals surface area (Å²) >= 11 is 3.50. The number of rotatable bonds is 5. The number of aryl methyl sites for hydroxylation is 1. The monoisotopic (exact) mass is 349 g/mol. The van der Waals surface area contributed by atoms with Crippen molar-refractivity contribution in [1.29, 1.82) is 0 Å². The van der Waals surface area contributed by atoms with Crippen molar-refractivity contribution in [3.05, 3.63) is 40.1 Å². The number of hydrogen-bond donors (Lipinski definition) is 1. The van der Waals surface area contributed by atoms with Crippen molar-refractivity contribution in [2.24, 2.45) is 0 Å². The zero-order valence-electron chi connectivity index (χ0n) is 12.8. The second-order valence-corrected chi connectivity index (χ2v) is 5.97. The Kier molecular flexibility index (Phi) is 5.17. The summed E-state index contributed by atoms with van der Waals surface area (Å²) in [5, 5.41) is 3.04. The van der Waals surface area contributed by atoms with Crippen LogP contribution in [0.25, 0.3) is 0 Å². The highest BCUT2D eigenvalue weighted by Gasteiger charge is 2.11. The summed E-state index contributed by atoms with van der Waals surface area (Å²) in [6.07, 6.45) is 0.767. The van der Waals surface area contributed by atoms with E-state index in [2.05, 4.69) is 51.1 Å². The van der Waals surface area contributed by atoms with Crippen molar-refractivity contribution < 1.29 is 4.74 Å². The fraction of sp³-hybridized carbons (Fsp3) is 0.375. The number of halogens is 1. The lowest BCUT2D eigenvalue weighted by Gasteiger charge is -2.14. The molecule has 0 radical (unpaired) electrons. The summed E-state index contributed by atoms with van der Waals surface area (Å²) < 4.78 is 7.05. The predicted octanol–water partition coefficient (Wildman–Crippen LogP) is 4.76. The Balaban J connectivity index is 2.38. The molecule has 0 saturated heterocycles. The number of nitrogens with zero attached hydrogens (tertiary/aromatic N) is 2. The molecule has 0 atom stereocenters. The van der Waals surface area contributed by atoms with Crippen molar-refractivity contribution in [3.8, 4) is 11.6 Å². The van der Waals surface area contributed by atoms with Gasteiger partial charge in [-0.15, -0.1) is 0 Å². The Hall–Kier alpha value is -1.62. The normalized spacial score (nSPS) is 10.8. The van der Waals surface area contributed by atoms with E-state index in [-0.39, 0.29) is 0 Å². The SMILES string of the molecule is CCc1nc(NC)cc(Oc2ccc(Br)cc2C(C)C)n1. The molecule has 1 aromatic carbocycles. The summed E-state index contributed by atoms with van der Waals surface area (Å²) in [5.41, 5.74) is 1.15. The second kappa shape index (κ2) is 6.89. The maximum absolute atomic E-state index is 6.00. The molecule has 0 fully saturated rings. The van der Waals surface area contributed by atoms with Gasteiger partial charge in [-0.05, 0) is 29.7 Å². The Morgan fingerprint density at radius 1 is 1.24 bits per heavy atom. The molecule has 2 rings (SSSR count). The van der Waals surface area contributed by atoms with Gasteiger partial charge in [-0.1, -0.05) is 36.7 Å². The van der Waals surface area contributed by atoms with Crippen LogP contribution in [0.2, 0.25) is 0 Å². The average molecular weight is 350 g/mol. The van der Waals surface area contributed by atoms with Crippen LogP contribution < -0.4 is 10.1 Å². The van der Waals surface area contributed by atoms with Gasteiger partial charge < -0.3 is 10.1 Å². The zero-order chi connectivity index (χ0) is 15.4. The molecule has 0 spiro atoms. The van der Waals surface area contributed by atoms with Gasteiger partial charge in [-0.2, -0.15) is 4.98 Å². The molecule has 4 nitrogen and oxygen atoms in total. The van der Waals surface area contributed by atoms with Crippen molar-refractivity contribution in [2.45, 2.75) is 33.1 Å². The third-order valence-electron chi connectivity index (χ3n) is 3.13. The quantitative estimate of drug-likeness (QED) is 0.845. The van der Waals surface area contributed by atoms with E-state index in [1.54, 1.807) is 0 Å². The van der Waals surface area contributed by atoms with Gasteiger partial charge in [0, 0.05) is 24.0 Å². The van der Waals surface area contributed by atoms with Crippen LogP contribution in [-0.4, -0.2) is 17.0 Å². The number of benzene rings is 1. The Morgan fingerprint density at radius 2 is 2.00 bits per heavy atom. The van der Waals surface area contributed by atoms with E-state index in [9.17, 15) is 0 Å². The van der Waals surface area contributed by atoms with E-state index in [0.29, 0.717) is 11.8 Å². The van der Waals surface area contributed by atoms with Gasteiger partial charge in [0.2, 0.25) is 5.88 Å². The molecule has 0 bridgehead atoms. The summed E-state index contributed by atoms with van der Waals surface area (Å²) in [4.78, 5) is 8.81. The van der Waals surface area contributed by atoms with Gasteiger partial charge >= 0.3 is 0 Å². The van der Waals surface area contributed by atoms with E-state index in [0.717, 1.165) is 33.8 Å². The number of nitrogens with one attached hydrogen (secondary N) is 1. The van der Waals surface area contributed by atoms with E-state index in [4.69, 9.17) is 4.74 Å². The third kappa shape index (κ3) is 3.94. The lowest BCUT2D eigenvalue weighted by atomic mass is 10.0. The molecular formula is C16H20BrN3O. The molecule has 1 aromatic heterocycles. The van der Waals surface area contributed by atoms with Crippen LogP contribution in [0.1, 0.15) is 38.1 Å². The molecule has 1 heterocycles. The van der Waals surface area contributed by atoms with Gasteiger partial charge in [-0.3, -0.25) is 0 Å². The molecular weight excluding hydrogens is 330 g/mol. The lowest BCUT2D eigenvalue weighted by Crippen LogP contribution is -2.02. The average Bonchev–Trinajstić information content (AvgIpc) is 2.48. The van der Waals surface area contributed by atoms with Crippen LogP contribution in [0.15, 0.2) is 28.7 Å². The first-order chi connectivity index (χ1) is 10.0. The number of ether oxygens (including phenoxy) is 1. The van der Waals surface area contributed by atoms with E-state index in [1.165, 1.54) is 0 Å². The first-order valence-electron chi connectivity index (χ1n) is 7.06. The number of aromatic nitrogens is 2. The number of anilines is 1. The maximum Gasteiger partial charge on any atom is 0.224 e. The van der Waals surface area contributed by atoms with Gasteiger partial charge in [0.05, 0.1) is 0 Å². The second-order valence-electron chi connectivity index (χ2n) is 5.05. The Morgan fingerprint density at radius 3 is 2.62 bits per heavy atom. The van der Waals surface area contributed by atoms with Crippen LogP contribution in [0.4, 0.5) is 5.82 Å². The summed E-state index contributed by atoms with van der Waals surface area (Å²) in [6, 6.07) is 7.83. The molecule has 0 amide bonds. The van der Waals surface area contributed by atoms with Crippen LogP contribution >= 0.6 is 15.9 Å². The largest absolute Gasteiger partial charge is 0.439 e. The zero-order valence-corrected chi connectivity index (χ0v) is 14.4. The highest BCUT2D eigenvalue weighted by molar-refractivity contribution is 9.10. The molecule has 21 heavy (non-hydrogen) atoms. The topological polar surface area (TPSA) is 47.0 Å². The minimum atomic E-state index is 0.369. The smallest absolute Gasteiger partial charge is 0.224 e. The van der Waals surface area contributed by atoms with E-state index >= 15 is 0 Å². The summed E-state index contributed by atoms with van der Waals surface area (Å²) in [5.74, 6) is 3.29. The molecule has 0 saturated carbocycles. The van der Waals surface area contributed by atoms with Crippen molar-refractivity contribution in [2.75, 3.05) is 12.4 Å². The van der Waals surface area contributed by atoms with Crippen LogP contribution in [0.5, 0.6) is 11.6 Å². The molecule has 0 aliphatic carbocycles. The van der Waals surface area contributed by atoms with Crippen molar-refractivity contribution in [1.82, 2.24) is 9.97 Å². The Bertz CT molecular complexity index is 607. The van der Waals surface area contributed by atoms with E-state index in [1.807, 2.05) is 32.2 Å². The minimum Gasteiger partial charge on any atom is -0.439 e. The highest BCUT2D eigenvalue weighted by atomic mass is 79.9. The fourth-order valence-electron chi connectivity index (χ4n) is 1.99. The molecule has 1 N–H and O–H groups in total. The predicted molar refractivity (Wildman–Crippen MR) is 89.3 cm³/mol. The molecule has 0 unspecified atom stereocenters. The molecule has 112 valence electrons. The summed E-state index contributed by atoms with van der Waals surface area (Å²) in [7, 11) is 1.84. The standard InChI is InChI=1S/C16H20BrN3O/c1-5-14-19-15(18-4)9-16(20-14)21-13-7-6-11(17)8-12(13)10(2)3/h6-10H,5H2,1-4H3,(H,18,19,20). The highest BCUT2D eigenvalue weighted by Crippen LogP contribution is 2.32. The van der Waals surface area contributed by atoms with Crippen molar-refractivity contribution in [3.63, 3.8) is 0 Å². The van der Waals surface area contributed by atoms with Gasteiger partial charge in [0.1, 0.15) is 17.4 Å².